The Labute approximate surface area is 530 Å². The molecule has 0 amide bonds. The highest BCUT2D eigenvalue weighted by Gasteiger charge is 2.32. The van der Waals surface area contributed by atoms with Crippen LogP contribution in [0.2, 0.25) is 0 Å². The molecule has 0 bridgehead atoms. The molecule has 0 saturated carbocycles. The highest BCUT2D eigenvalue weighted by atomic mass is 19.4. The molecule has 472 valence electrons. The van der Waals surface area contributed by atoms with Gasteiger partial charge in [0, 0.05) is 53.0 Å². The number of aliphatic hydroxyl groups excluding tert-OH is 1. The first-order valence-electron chi connectivity index (χ1n) is 29.0. The molecule has 10 N–H and O–H groups in total. The zero-order chi connectivity index (χ0) is 66.6. The molecule has 22 heteroatoms. The lowest BCUT2D eigenvalue weighted by molar-refractivity contribution is -0.137. The minimum absolute atomic E-state index is 0.00690. The Hall–Kier alpha value is -11.7. The van der Waals surface area contributed by atoms with Gasteiger partial charge in [-0.1, -0.05) is 97.8 Å². The third kappa shape index (κ3) is 14.4. The monoisotopic (exact) mass is 1260 g/mol. The van der Waals surface area contributed by atoms with Crippen LogP contribution in [0.3, 0.4) is 0 Å². The number of phenols is 9. The van der Waals surface area contributed by atoms with Crippen molar-refractivity contribution < 1.29 is 64.2 Å². The van der Waals surface area contributed by atoms with Crippen molar-refractivity contribution in [2.75, 3.05) is 6.61 Å². The fourth-order valence-corrected chi connectivity index (χ4v) is 10.4. The molecule has 0 aliphatic rings. The van der Waals surface area contributed by atoms with Crippen molar-refractivity contribution in [3.63, 3.8) is 0 Å². The SMILES string of the molecule is CC(C)(c1ccccc1)c1cc(CCCO)cc(-n2nc3ccc(C(F)(F)F)cc3n2)c1O.Cc1ccc(-c2nc(-c3ccc(C)cc3C)nc(-c3ccc(O)cc3O)n2)c(C)c1.Oc1ccc(-c2nc(-c3ccc(O)cc3O)nc(-c3ccc(O)cc3O)n2)c(O)c1. The number of aryl methyl sites for hydroxylation is 5. The lowest BCUT2D eigenvalue weighted by Gasteiger charge is -2.28. The standard InChI is InChI=1S/C25H24F3N3O2.C25H23N3O2.C21H15N3O6/c1-24(2,17-8-4-3-5-9-17)19-13-16(7-6-12-32)14-22(23(19)33)31-29-20-11-10-18(25(26,27)28)15-21(20)30-31;1-14-5-8-19(16(3)11-14)23-26-24(20-9-6-15(2)12-17(20)4)28-25(27-23)21-10-7-18(29)13-22(21)30;25-10-1-4-13(16(28)7-10)19-22-20(14-5-2-11(26)8-17(14)29)24-21(23-19)15-6-3-12(27)9-18(15)30/h3-5,8-11,13-15,32-33H,6-7,12H2,1-2H3;5-13,29-30H,1-4H3;1-9,25-30H. The second-order valence-corrected chi connectivity index (χ2v) is 22.6. The van der Waals surface area contributed by atoms with Gasteiger partial charge in [-0.2, -0.15) is 13.2 Å². The van der Waals surface area contributed by atoms with E-state index in [1.165, 1.54) is 59.4 Å². The van der Waals surface area contributed by atoms with Crippen molar-refractivity contribution in [3.05, 3.63) is 214 Å². The maximum absolute atomic E-state index is 13.1. The first-order valence-corrected chi connectivity index (χ1v) is 29.0. The summed E-state index contributed by atoms with van der Waals surface area (Å²) in [7, 11) is 0. The molecule has 0 fully saturated rings. The van der Waals surface area contributed by atoms with Gasteiger partial charge < -0.3 is 51.1 Å². The molecular weight excluding hydrogens is 1200 g/mol. The van der Waals surface area contributed by atoms with E-state index < -0.39 is 17.2 Å². The van der Waals surface area contributed by atoms with Crippen molar-refractivity contribution in [2.24, 2.45) is 0 Å². The van der Waals surface area contributed by atoms with Crippen LogP contribution in [-0.4, -0.2) is 103 Å². The summed E-state index contributed by atoms with van der Waals surface area (Å²) in [5, 5.41) is 108. The first-order chi connectivity index (χ1) is 44.2. The molecule has 3 aromatic heterocycles. The highest BCUT2D eigenvalue weighted by molar-refractivity contribution is 5.77. The maximum atomic E-state index is 13.1. The molecule has 93 heavy (non-hydrogen) atoms. The Morgan fingerprint density at radius 1 is 0.398 bits per heavy atom. The maximum Gasteiger partial charge on any atom is 0.416 e. The second-order valence-electron chi connectivity index (χ2n) is 22.6. The largest absolute Gasteiger partial charge is 0.508 e. The average Bonchev–Trinajstić information content (AvgIpc) is 1.75. The Kier molecular flexibility index (Phi) is 18.3. The van der Waals surface area contributed by atoms with E-state index >= 15 is 0 Å². The Morgan fingerprint density at radius 3 is 1.16 bits per heavy atom. The summed E-state index contributed by atoms with van der Waals surface area (Å²) in [5.74, 6) is -0.0234. The number of aromatic hydroxyl groups is 9. The van der Waals surface area contributed by atoms with E-state index in [0.717, 1.165) is 74.8 Å². The number of rotatable bonds is 12. The van der Waals surface area contributed by atoms with Gasteiger partial charge in [0.2, 0.25) is 0 Å². The number of halogens is 3. The Balaban J connectivity index is 0.000000153. The van der Waals surface area contributed by atoms with Crippen LogP contribution in [-0.2, 0) is 18.0 Å². The minimum Gasteiger partial charge on any atom is -0.508 e. The molecule has 0 atom stereocenters. The number of aromatic nitrogens is 9. The van der Waals surface area contributed by atoms with Gasteiger partial charge >= 0.3 is 6.18 Å². The van der Waals surface area contributed by atoms with Crippen LogP contribution in [0.25, 0.3) is 85.0 Å². The average molecular weight is 1260 g/mol. The molecule has 0 spiro atoms. The van der Waals surface area contributed by atoms with Gasteiger partial charge in [-0.05, 0) is 136 Å². The minimum atomic E-state index is -4.49. The number of nitrogens with zero attached hydrogens (tertiary/aromatic N) is 9. The molecular formula is C71H62F3N9O10. The van der Waals surface area contributed by atoms with E-state index in [9.17, 15) is 64.2 Å². The van der Waals surface area contributed by atoms with Crippen molar-refractivity contribution in [1.82, 2.24) is 44.9 Å². The van der Waals surface area contributed by atoms with Gasteiger partial charge in [0.05, 0.1) is 27.8 Å². The lowest BCUT2D eigenvalue weighted by atomic mass is 9.76. The van der Waals surface area contributed by atoms with Crippen molar-refractivity contribution in [1.29, 1.82) is 0 Å². The molecule has 9 aromatic carbocycles. The van der Waals surface area contributed by atoms with E-state index in [1.54, 1.807) is 12.1 Å². The van der Waals surface area contributed by atoms with Crippen LogP contribution in [0.1, 0.15) is 64.8 Å². The van der Waals surface area contributed by atoms with Crippen molar-refractivity contribution >= 4 is 11.0 Å². The van der Waals surface area contributed by atoms with Gasteiger partial charge in [-0.15, -0.1) is 15.0 Å². The van der Waals surface area contributed by atoms with Gasteiger partial charge in [-0.3, -0.25) is 0 Å². The summed E-state index contributed by atoms with van der Waals surface area (Å²) >= 11 is 0. The number of fused-ring (bicyclic) bond motifs is 1. The van der Waals surface area contributed by atoms with Gasteiger partial charge in [0.25, 0.3) is 0 Å². The topological polar surface area (TPSA) is 310 Å². The fourth-order valence-electron chi connectivity index (χ4n) is 10.4. The normalized spacial score (nSPS) is 11.4. The van der Waals surface area contributed by atoms with Crippen LogP contribution < -0.4 is 0 Å². The van der Waals surface area contributed by atoms with Crippen LogP contribution in [0.5, 0.6) is 51.7 Å². The summed E-state index contributed by atoms with van der Waals surface area (Å²) in [6.07, 6.45) is -3.41. The third-order valence-corrected chi connectivity index (χ3v) is 15.3. The molecule has 3 heterocycles. The van der Waals surface area contributed by atoms with E-state index in [0.29, 0.717) is 41.4 Å². The number of benzene rings is 9. The van der Waals surface area contributed by atoms with Crippen molar-refractivity contribution in [2.45, 2.75) is 66.0 Å². The van der Waals surface area contributed by atoms with Gasteiger partial charge in [0.15, 0.2) is 34.9 Å². The predicted octanol–water partition coefficient (Wildman–Crippen LogP) is 14.0. The van der Waals surface area contributed by atoms with E-state index in [4.69, 9.17) is 4.98 Å². The van der Waals surface area contributed by atoms with Crippen LogP contribution in [0.4, 0.5) is 13.2 Å². The predicted molar refractivity (Wildman–Crippen MR) is 344 cm³/mol. The summed E-state index contributed by atoms with van der Waals surface area (Å²) in [6, 6.07) is 44.7. The molecule has 0 unspecified atom stereocenters. The molecule has 12 aromatic rings. The zero-order valence-corrected chi connectivity index (χ0v) is 50.9. The molecule has 0 aliphatic heterocycles. The number of aliphatic hydroxyl groups is 1. The number of phenolic OH excluding ortho intramolecular Hbond substituents is 9. The van der Waals surface area contributed by atoms with E-state index in [-0.39, 0.29) is 109 Å². The Morgan fingerprint density at radius 2 is 0.785 bits per heavy atom. The van der Waals surface area contributed by atoms with Gasteiger partial charge in [-0.25, -0.2) is 29.9 Å². The van der Waals surface area contributed by atoms with Crippen LogP contribution in [0.15, 0.2) is 170 Å². The van der Waals surface area contributed by atoms with Gasteiger partial charge in [0.1, 0.15) is 68.5 Å². The summed E-state index contributed by atoms with van der Waals surface area (Å²) in [6.45, 7) is 12.1. The van der Waals surface area contributed by atoms with Crippen LogP contribution >= 0.6 is 0 Å². The molecule has 19 nitrogen and oxygen atoms in total. The fraction of sp³-hybridized carbons (Fsp3) is 0.155. The van der Waals surface area contributed by atoms with E-state index in [1.807, 2.05) is 102 Å². The number of hydrogen-bond donors (Lipinski definition) is 10. The van der Waals surface area contributed by atoms with Crippen molar-refractivity contribution in [3.8, 4) is 126 Å². The second kappa shape index (κ2) is 26.4. The number of alkyl halides is 3. The molecule has 0 saturated heterocycles. The summed E-state index contributed by atoms with van der Waals surface area (Å²) in [5.41, 5.74) is 8.96. The molecule has 0 aliphatic carbocycles. The third-order valence-electron chi connectivity index (χ3n) is 15.3. The van der Waals surface area contributed by atoms with Crippen LogP contribution in [0, 0.1) is 27.7 Å². The summed E-state index contributed by atoms with van der Waals surface area (Å²) in [4.78, 5) is 28.1. The first kappa shape index (κ1) is 64.3. The lowest BCUT2D eigenvalue weighted by Crippen LogP contribution is -2.20. The smallest absolute Gasteiger partial charge is 0.416 e. The summed E-state index contributed by atoms with van der Waals surface area (Å²) < 4.78 is 39.3. The van der Waals surface area contributed by atoms with E-state index in [2.05, 4.69) is 47.2 Å². The quantitative estimate of drug-likeness (QED) is 0.0543. The molecule has 0 radical (unpaired) electrons. The number of hydrogen-bond acceptors (Lipinski definition) is 18. The Bertz CT molecular complexity index is 4240. The molecule has 12 rings (SSSR count). The highest BCUT2D eigenvalue weighted by Crippen LogP contribution is 2.43. The zero-order valence-electron chi connectivity index (χ0n) is 50.9.